The van der Waals surface area contributed by atoms with Gasteiger partial charge in [-0.3, -0.25) is 14.4 Å². The number of aryl methyl sites for hydroxylation is 1. The van der Waals surface area contributed by atoms with Gasteiger partial charge in [-0.25, -0.2) is 0 Å². The predicted molar refractivity (Wildman–Crippen MR) is 102 cm³/mol. The minimum Gasteiger partial charge on any atom is -0.495 e. The van der Waals surface area contributed by atoms with E-state index in [1.165, 1.54) is 0 Å². The third kappa shape index (κ3) is 3.34. The number of methoxy groups -OCH3 is 1. The third-order valence-electron chi connectivity index (χ3n) is 6.32. The van der Waals surface area contributed by atoms with Gasteiger partial charge in [0.05, 0.1) is 24.6 Å². The van der Waals surface area contributed by atoms with E-state index in [2.05, 4.69) is 0 Å². The van der Waals surface area contributed by atoms with Crippen LogP contribution >= 0.6 is 0 Å². The molecule has 1 aromatic rings. The van der Waals surface area contributed by atoms with Crippen molar-refractivity contribution in [3.8, 4) is 5.75 Å². The Hall–Kier alpha value is -2.57. The number of aliphatic carboxylic acids is 1. The van der Waals surface area contributed by atoms with Gasteiger partial charge in [0.15, 0.2) is 0 Å². The van der Waals surface area contributed by atoms with Gasteiger partial charge in [0.25, 0.3) is 0 Å². The Balaban J connectivity index is 1.49. The molecule has 3 aliphatic rings. The number of carbonyl (C=O) groups is 3. The number of anilines is 1. The normalized spacial score (nSPS) is 27.4. The summed E-state index contributed by atoms with van der Waals surface area (Å²) in [6.45, 7) is 3.01. The third-order valence-corrected chi connectivity index (χ3v) is 6.32. The van der Waals surface area contributed by atoms with Crippen molar-refractivity contribution < 1.29 is 24.2 Å². The maximum atomic E-state index is 13.1. The standard InChI is InChI=1S/C21H26N2O5/c1-12-3-6-18(28-2)17(7-12)23-9-14(8-19(23)24)20(25)22-10-15(13-4-5-13)16(11-22)21(26)27/h3,6-7,13-16H,4-5,8-11H2,1-2H3,(H,26,27)/t14?,15-,16+/m1/s1. The largest absolute Gasteiger partial charge is 0.495 e. The molecule has 2 aliphatic heterocycles. The van der Waals surface area contributed by atoms with Crippen LogP contribution in [0.3, 0.4) is 0 Å². The van der Waals surface area contributed by atoms with E-state index in [0.29, 0.717) is 30.4 Å². The number of carbonyl (C=O) groups excluding carboxylic acids is 2. The van der Waals surface area contributed by atoms with E-state index in [1.54, 1.807) is 16.9 Å². The van der Waals surface area contributed by atoms with Crippen molar-refractivity contribution in [3.05, 3.63) is 23.8 Å². The minimum absolute atomic E-state index is 0.0477. The highest BCUT2D eigenvalue weighted by Gasteiger charge is 2.48. The van der Waals surface area contributed by atoms with Gasteiger partial charge in [0.2, 0.25) is 11.8 Å². The SMILES string of the molecule is COc1ccc(C)cc1N1CC(C(=O)N2C[C@H](C(=O)O)[C@@H](C3CC3)C2)CC1=O. The fourth-order valence-corrected chi connectivity index (χ4v) is 4.65. The first-order valence-electron chi connectivity index (χ1n) is 9.85. The first kappa shape index (κ1) is 18.8. The van der Waals surface area contributed by atoms with E-state index >= 15 is 0 Å². The molecular weight excluding hydrogens is 360 g/mol. The molecule has 3 atom stereocenters. The first-order chi connectivity index (χ1) is 13.4. The summed E-state index contributed by atoms with van der Waals surface area (Å²) in [6, 6.07) is 5.63. The number of carboxylic acids is 1. The number of nitrogens with zero attached hydrogens (tertiary/aromatic N) is 2. The molecule has 4 rings (SSSR count). The number of rotatable bonds is 5. The maximum Gasteiger partial charge on any atom is 0.308 e. The Labute approximate surface area is 164 Å². The van der Waals surface area contributed by atoms with Crippen molar-refractivity contribution in [2.75, 3.05) is 31.6 Å². The number of benzene rings is 1. The van der Waals surface area contributed by atoms with Crippen molar-refractivity contribution in [2.45, 2.75) is 26.2 Å². The summed E-state index contributed by atoms with van der Waals surface area (Å²) in [7, 11) is 1.56. The number of hydrogen-bond donors (Lipinski definition) is 1. The van der Waals surface area contributed by atoms with Crippen molar-refractivity contribution in [1.82, 2.24) is 4.90 Å². The fraction of sp³-hybridized carbons (Fsp3) is 0.571. The van der Waals surface area contributed by atoms with Gasteiger partial charge < -0.3 is 19.6 Å². The zero-order valence-corrected chi connectivity index (χ0v) is 16.3. The van der Waals surface area contributed by atoms with E-state index in [4.69, 9.17) is 4.74 Å². The molecule has 150 valence electrons. The molecular formula is C21H26N2O5. The molecule has 7 heteroatoms. The molecule has 1 aliphatic carbocycles. The molecule has 2 heterocycles. The van der Waals surface area contributed by atoms with Crippen molar-refractivity contribution >= 4 is 23.5 Å². The minimum atomic E-state index is -0.819. The van der Waals surface area contributed by atoms with Crippen molar-refractivity contribution in [2.24, 2.45) is 23.7 Å². The van der Waals surface area contributed by atoms with E-state index in [0.717, 1.165) is 18.4 Å². The second kappa shape index (κ2) is 7.11. The van der Waals surface area contributed by atoms with Gasteiger partial charge in [0.1, 0.15) is 5.75 Å². The second-order valence-corrected chi connectivity index (χ2v) is 8.27. The lowest BCUT2D eigenvalue weighted by Gasteiger charge is -2.22. The van der Waals surface area contributed by atoms with E-state index in [-0.39, 0.29) is 30.7 Å². The topological polar surface area (TPSA) is 87.2 Å². The van der Waals surface area contributed by atoms with Crippen LogP contribution in [0.2, 0.25) is 0 Å². The summed E-state index contributed by atoms with van der Waals surface area (Å²) in [4.78, 5) is 40.6. The predicted octanol–water partition coefficient (Wildman–Crippen LogP) is 1.93. The van der Waals surface area contributed by atoms with Crippen LogP contribution in [0.25, 0.3) is 0 Å². The van der Waals surface area contributed by atoms with E-state index in [9.17, 15) is 19.5 Å². The molecule has 0 spiro atoms. The molecule has 0 radical (unpaired) electrons. The van der Waals surface area contributed by atoms with Crippen LogP contribution in [0.5, 0.6) is 5.75 Å². The van der Waals surface area contributed by atoms with Crippen LogP contribution in [0.1, 0.15) is 24.8 Å². The summed E-state index contributed by atoms with van der Waals surface area (Å²) in [6.07, 6.45) is 2.26. The van der Waals surface area contributed by atoms with Crippen LogP contribution in [-0.4, -0.2) is 54.5 Å². The van der Waals surface area contributed by atoms with Crippen LogP contribution in [0.15, 0.2) is 18.2 Å². The average Bonchev–Trinajstić information content (AvgIpc) is 3.29. The zero-order chi connectivity index (χ0) is 20.0. The molecule has 3 fully saturated rings. The number of likely N-dealkylation sites (tertiary alicyclic amines) is 1. The Kier molecular flexibility index (Phi) is 4.77. The molecule has 1 unspecified atom stereocenters. The molecule has 0 aromatic heterocycles. The Bertz CT molecular complexity index is 819. The van der Waals surface area contributed by atoms with Crippen LogP contribution in [0, 0.1) is 30.6 Å². The molecule has 1 saturated carbocycles. The monoisotopic (exact) mass is 386 g/mol. The highest BCUT2D eigenvalue weighted by atomic mass is 16.5. The molecule has 0 bridgehead atoms. The summed E-state index contributed by atoms with van der Waals surface area (Å²) >= 11 is 0. The lowest BCUT2D eigenvalue weighted by molar-refractivity contribution is -0.143. The summed E-state index contributed by atoms with van der Waals surface area (Å²) in [5.41, 5.74) is 1.69. The highest BCUT2D eigenvalue weighted by Crippen LogP contribution is 2.44. The van der Waals surface area contributed by atoms with Gasteiger partial charge in [-0.15, -0.1) is 0 Å². The van der Waals surface area contributed by atoms with Gasteiger partial charge in [-0.05, 0) is 49.3 Å². The van der Waals surface area contributed by atoms with Gasteiger partial charge in [-0.2, -0.15) is 0 Å². The van der Waals surface area contributed by atoms with Gasteiger partial charge in [-0.1, -0.05) is 6.07 Å². The van der Waals surface area contributed by atoms with Crippen LogP contribution < -0.4 is 9.64 Å². The first-order valence-corrected chi connectivity index (χ1v) is 9.85. The summed E-state index contributed by atoms with van der Waals surface area (Å²) < 4.78 is 5.39. The highest BCUT2D eigenvalue weighted by molar-refractivity contribution is 6.01. The molecule has 28 heavy (non-hydrogen) atoms. The van der Waals surface area contributed by atoms with Gasteiger partial charge in [0, 0.05) is 26.1 Å². The number of hydrogen-bond acceptors (Lipinski definition) is 4. The van der Waals surface area contributed by atoms with Crippen LogP contribution in [-0.2, 0) is 14.4 Å². The Morgan fingerprint density at radius 3 is 2.57 bits per heavy atom. The lowest BCUT2D eigenvalue weighted by Crippen LogP contribution is -2.36. The average molecular weight is 386 g/mol. The van der Waals surface area contributed by atoms with Gasteiger partial charge >= 0.3 is 5.97 Å². The van der Waals surface area contributed by atoms with Crippen LogP contribution in [0.4, 0.5) is 5.69 Å². The number of amides is 2. The van der Waals surface area contributed by atoms with E-state index in [1.807, 2.05) is 25.1 Å². The summed E-state index contributed by atoms with van der Waals surface area (Å²) in [5, 5.41) is 9.53. The number of ether oxygens (including phenoxy) is 1. The smallest absolute Gasteiger partial charge is 0.308 e. The molecule has 1 aromatic carbocycles. The van der Waals surface area contributed by atoms with Crippen molar-refractivity contribution in [1.29, 1.82) is 0 Å². The Morgan fingerprint density at radius 2 is 1.93 bits per heavy atom. The summed E-state index contributed by atoms with van der Waals surface area (Å²) in [5.74, 6) is -0.865. The fourth-order valence-electron chi connectivity index (χ4n) is 4.65. The Morgan fingerprint density at radius 1 is 1.18 bits per heavy atom. The molecule has 2 saturated heterocycles. The molecule has 7 nitrogen and oxygen atoms in total. The zero-order valence-electron chi connectivity index (χ0n) is 16.3. The number of carboxylic acid groups (broad SMARTS) is 1. The molecule has 2 amide bonds. The lowest BCUT2D eigenvalue weighted by atomic mass is 9.92. The molecule has 1 N–H and O–H groups in total. The van der Waals surface area contributed by atoms with Crippen molar-refractivity contribution in [3.63, 3.8) is 0 Å². The maximum absolute atomic E-state index is 13.1. The second-order valence-electron chi connectivity index (χ2n) is 8.27. The van der Waals surface area contributed by atoms with E-state index < -0.39 is 17.8 Å². The quantitative estimate of drug-likeness (QED) is 0.836.